The standard InChI is InChI=1S/C21H16N6O3/c28-19(15-4-2-1-3-5-15)23-17-8-6-16(7-9-17)20(29)25-26-21-24-18(27-30-21)14-10-12-22-13-11-14/h1-13H,(H,23,28)(H,25,29)(H,24,26,27). The summed E-state index contributed by atoms with van der Waals surface area (Å²) in [4.78, 5) is 32.5. The number of pyridine rings is 1. The molecule has 3 N–H and O–H groups in total. The summed E-state index contributed by atoms with van der Waals surface area (Å²) in [5.41, 5.74) is 7.30. The number of anilines is 2. The first kappa shape index (κ1) is 18.8. The maximum Gasteiger partial charge on any atom is 0.340 e. The Morgan fingerprint density at radius 3 is 2.23 bits per heavy atom. The molecule has 0 bridgehead atoms. The van der Waals surface area contributed by atoms with Crippen LogP contribution in [0.3, 0.4) is 0 Å². The summed E-state index contributed by atoms with van der Waals surface area (Å²) in [7, 11) is 0. The Hall–Kier alpha value is -4.53. The highest BCUT2D eigenvalue weighted by atomic mass is 16.5. The number of nitrogens with one attached hydrogen (secondary N) is 3. The third-order valence-corrected chi connectivity index (χ3v) is 4.09. The number of hydrogen-bond donors (Lipinski definition) is 3. The van der Waals surface area contributed by atoms with Gasteiger partial charge in [0.2, 0.25) is 5.82 Å². The van der Waals surface area contributed by atoms with E-state index in [4.69, 9.17) is 4.52 Å². The molecule has 30 heavy (non-hydrogen) atoms. The lowest BCUT2D eigenvalue weighted by Crippen LogP contribution is -2.29. The summed E-state index contributed by atoms with van der Waals surface area (Å²) in [6, 6.07) is 18.9. The van der Waals surface area contributed by atoms with Gasteiger partial charge in [-0.05, 0) is 48.5 Å². The van der Waals surface area contributed by atoms with Gasteiger partial charge in [-0.2, -0.15) is 4.98 Å². The Morgan fingerprint density at radius 1 is 0.800 bits per heavy atom. The van der Waals surface area contributed by atoms with Crippen LogP contribution < -0.4 is 16.2 Å². The lowest BCUT2D eigenvalue weighted by Gasteiger charge is -2.07. The van der Waals surface area contributed by atoms with Gasteiger partial charge in [-0.25, -0.2) is 5.43 Å². The number of hydrazine groups is 1. The second-order valence-corrected chi connectivity index (χ2v) is 6.14. The second kappa shape index (κ2) is 8.65. The molecule has 0 aliphatic carbocycles. The molecular weight excluding hydrogens is 384 g/mol. The van der Waals surface area contributed by atoms with Crippen LogP contribution in [0.2, 0.25) is 0 Å². The van der Waals surface area contributed by atoms with Gasteiger partial charge in [0.25, 0.3) is 11.8 Å². The average Bonchev–Trinajstić information content (AvgIpc) is 3.28. The molecule has 9 heteroatoms. The largest absolute Gasteiger partial charge is 0.340 e. The molecule has 2 aromatic heterocycles. The van der Waals surface area contributed by atoms with Crippen molar-refractivity contribution >= 4 is 23.5 Å². The van der Waals surface area contributed by atoms with Gasteiger partial charge < -0.3 is 9.84 Å². The first-order valence-corrected chi connectivity index (χ1v) is 8.96. The van der Waals surface area contributed by atoms with E-state index in [9.17, 15) is 9.59 Å². The number of carbonyl (C=O) groups excluding carboxylic acids is 2. The van der Waals surface area contributed by atoms with Crippen molar-refractivity contribution < 1.29 is 14.1 Å². The number of benzene rings is 2. The predicted octanol–water partition coefficient (Wildman–Crippen LogP) is 3.14. The van der Waals surface area contributed by atoms with Gasteiger partial charge in [0.1, 0.15) is 0 Å². The van der Waals surface area contributed by atoms with E-state index in [-0.39, 0.29) is 11.9 Å². The molecular formula is C21H16N6O3. The van der Waals surface area contributed by atoms with E-state index >= 15 is 0 Å². The predicted molar refractivity (Wildman–Crippen MR) is 109 cm³/mol. The Bertz CT molecular complexity index is 1140. The third kappa shape index (κ3) is 4.47. The first-order chi connectivity index (χ1) is 14.7. The summed E-state index contributed by atoms with van der Waals surface area (Å²) in [6.07, 6.45) is 3.24. The highest BCUT2D eigenvalue weighted by Crippen LogP contribution is 2.16. The molecule has 0 aliphatic heterocycles. The van der Waals surface area contributed by atoms with Crippen LogP contribution in [0.1, 0.15) is 20.7 Å². The minimum atomic E-state index is -0.403. The fraction of sp³-hybridized carbons (Fsp3) is 0. The van der Waals surface area contributed by atoms with Gasteiger partial charge in [0.05, 0.1) is 0 Å². The van der Waals surface area contributed by atoms with E-state index in [0.717, 1.165) is 5.56 Å². The molecule has 2 heterocycles. The minimum absolute atomic E-state index is 0.0434. The van der Waals surface area contributed by atoms with E-state index in [1.807, 2.05) is 6.07 Å². The summed E-state index contributed by atoms with van der Waals surface area (Å²) >= 11 is 0. The molecule has 0 radical (unpaired) electrons. The molecule has 0 aliphatic rings. The van der Waals surface area contributed by atoms with E-state index in [2.05, 4.69) is 31.3 Å². The number of carbonyl (C=O) groups is 2. The monoisotopic (exact) mass is 400 g/mol. The average molecular weight is 400 g/mol. The van der Waals surface area contributed by atoms with Crippen LogP contribution in [0.5, 0.6) is 0 Å². The second-order valence-electron chi connectivity index (χ2n) is 6.14. The Balaban J connectivity index is 1.33. The van der Waals surface area contributed by atoms with Gasteiger partial charge in [0, 0.05) is 34.8 Å². The van der Waals surface area contributed by atoms with Gasteiger partial charge >= 0.3 is 6.01 Å². The number of rotatable bonds is 6. The van der Waals surface area contributed by atoms with E-state index in [1.165, 1.54) is 0 Å². The molecule has 0 spiro atoms. The zero-order valence-electron chi connectivity index (χ0n) is 15.6. The van der Waals surface area contributed by atoms with Gasteiger partial charge in [-0.15, -0.1) is 0 Å². The van der Waals surface area contributed by atoms with Crippen molar-refractivity contribution in [2.24, 2.45) is 0 Å². The molecule has 148 valence electrons. The quantitative estimate of drug-likeness (QED) is 0.425. The summed E-state index contributed by atoms with van der Waals surface area (Å²) in [5.74, 6) is -0.261. The maximum atomic E-state index is 12.3. The van der Waals surface area contributed by atoms with Crippen molar-refractivity contribution in [3.8, 4) is 11.4 Å². The maximum absolute atomic E-state index is 12.3. The van der Waals surface area contributed by atoms with Crippen molar-refractivity contribution in [2.45, 2.75) is 0 Å². The zero-order chi connectivity index (χ0) is 20.8. The number of hydrogen-bond acceptors (Lipinski definition) is 7. The fourth-order valence-electron chi connectivity index (χ4n) is 2.57. The van der Waals surface area contributed by atoms with Crippen molar-refractivity contribution in [1.82, 2.24) is 20.6 Å². The molecule has 2 aromatic carbocycles. The number of aromatic nitrogens is 3. The molecule has 2 amide bonds. The van der Waals surface area contributed by atoms with Crippen molar-refractivity contribution in [3.05, 3.63) is 90.3 Å². The first-order valence-electron chi connectivity index (χ1n) is 8.96. The summed E-state index contributed by atoms with van der Waals surface area (Å²) in [5, 5.41) is 6.61. The van der Waals surface area contributed by atoms with Gasteiger partial charge in [-0.3, -0.25) is 20.0 Å². The molecule has 4 aromatic rings. The van der Waals surface area contributed by atoms with Crippen LogP contribution in [-0.4, -0.2) is 26.9 Å². The molecule has 0 saturated carbocycles. The number of amides is 2. The van der Waals surface area contributed by atoms with E-state index in [1.54, 1.807) is 73.1 Å². The van der Waals surface area contributed by atoms with Gasteiger partial charge in [-0.1, -0.05) is 23.4 Å². The van der Waals surface area contributed by atoms with Crippen molar-refractivity contribution in [1.29, 1.82) is 0 Å². The van der Waals surface area contributed by atoms with E-state index < -0.39 is 5.91 Å². The lowest BCUT2D eigenvalue weighted by atomic mass is 10.2. The molecule has 0 unspecified atom stereocenters. The Labute approximate surface area is 171 Å². The SMILES string of the molecule is O=C(NNc1nc(-c2ccncc2)no1)c1ccc(NC(=O)c2ccccc2)cc1. The third-order valence-electron chi connectivity index (χ3n) is 4.09. The summed E-state index contributed by atoms with van der Waals surface area (Å²) < 4.78 is 5.06. The summed E-state index contributed by atoms with van der Waals surface area (Å²) in [6.45, 7) is 0. The molecule has 4 rings (SSSR count). The smallest absolute Gasteiger partial charge is 0.322 e. The van der Waals surface area contributed by atoms with Crippen LogP contribution in [-0.2, 0) is 0 Å². The molecule has 0 fully saturated rings. The fourth-order valence-corrected chi connectivity index (χ4v) is 2.57. The van der Waals surface area contributed by atoms with E-state index in [0.29, 0.717) is 22.6 Å². The highest BCUT2D eigenvalue weighted by molar-refractivity contribution is 6.04. The van der Waals surface area contributed by atoms with Crippen LogP contribution >= 0.6 is 0 Å². The molecule has 0 atom stereocenters. The minimum Gasteiger partial charge on any atom is -0.322 e. The lowest BCUT2D eigenvalue weighted by molar-refractivity contribution is 0.0960. The van der Waals surface area contributed by atoms with Crippen molar-refractivity contribution in [2.75, 3.05) is 10.7 Å². The van der Waals surface area contributed by atoms with Crippen LogP contribution in [0.25, 0.3) is 11.4 Å². The highest BCUT2D eigenvalue weighted by Gasteiger charge is 2.11. The normalized spacial score (nSPS) is 10.3. The Kier molecular flexibility index (Phi) is 5.43. The zero-order valence-corrected chi connectivity index (χ0v) is 15.6. The molecule has 0 saturated heterocycles. The van der Waals surface area contributed by atoms with Crippen molar-refractivity contribution in [3.63, 3.8) is 0 Å². The topological polar surface area (TPSA) is 122 Å². The van der Waals surface area contributed by atoms with Crippen LogP contribution in [0.15, 0.2) is 83.6 Å². The number of nitrogens with zero attached hydrogens (tertiary/aromatic N) is 3. The van der Waals surface area contributed by atoms with Gasteiger partial charge in [0.15, 0.2) is 0 Å². The Morgan fingerprint density at radius 2 is 1.50 bits per heavy atom. The van der Waals surface area contributed by atoms with Crippen LogP contribution in [0.4, 0.5) is 11.7 Å². The molecule has 9 nitrogen and oxygen atoms in total. The van der Waals surface area contributed by atoms with Crippen LogP contribution in [0, 0.1) is 0 Å².